The minimum absolute atomic E-state index is 0.0779. The van der Waals surface area contributed by atoms with E-state index in [9.17, 15) is 9.59 Å². The number of hydrogen-bond acceptors (Lipinski definition) is 7. The summed E-state index contributed by atoms with van der Waals surface area (Å²) in [6.07, 6.45) is 2.40. The van der Waals surface area contributed by atoms with Crippen LogP contribution in [0.5, 0.6) is 17.2 Å². The van der Waals surface area contributed by atoms with Gasteiger partial charge in [-0.25, -0.2) is 4.79 Å². The third-order valence-electron chi connectivity index (χ3n) is 6.04. The molecule has 0 bridgehead atoms. The standard InChI is InChI=1S/C27H25BrO6S/c1-31-22-12-16-11-17(14-34-27(30)15-5-7-18(28)8-6-15)20-13-21(29)23(35-4)10-9-19(20)24(16)26(33-3)25(22)32-2/h5-10,12-13,17H,11,14H2,1-4H3/t17-/m1/s1. The Bertz CT molecular complexity index is 1320. The van der Waals surface area contributed by atoms with Crippen LogP contribution in [0.15, 0.2) is 62.7 Å². The highest BCUT2D eigenvalue weighted by Crippen LogP contribution is 2.51. The summed E-state index contributed by atoms with van der Waals surface area (Å²) in [4.78, 5) is 26.3. The summed E-state index contributed by atoms with van der Waals surface area (Å²) in [7, 11) is 4.72. The van der Waals surface area contributed by atoms with Gasteiger partial charge in [0.2, 0.25) is 5.75 Å². The first kappa shape index (κ1) is 25.1. The van der Waals surface area contributed by atoms with Gasteiger partial charge in [0.15, 0.2) is 16.9 Å². The lowest BCUT2D eigenvalue weighted by Crippen LogP contribution is -2.20. The zero-order chi connectivity index (χ0) is 25.1. The number of carbonyl (C=O) groups is 1. The van der Waals surface area contributed by atoms with E-state index in [0.29, 0.717) is 34.1 Å². The van der Waals surface area contributed by atoms with Crippen LogP contribution in [-0.2, 0) is 11.2 Å². The van der Waals surface area contributed by atoms with Gasteiger partial charge in [-0.05, 0) is 71.8 Å². The fourth-order valence-electron chi connectivity index (χ4n) is 4.39. The van der Waals surface area contributed by atoms with E-state index >= 15 is 0 Å². The molecule has 0 aliphatic heterocycles. The van der Waals surface area contributed by atoms with Crippen molar-refractivity contribution in [3.8, 4) is 28.4 Å². The van der Waals surface area contributed by atoms with Crippen LogP contribution in [-0.4, -0.2) is 40.2 Å². The molecule has 1 aliphatic carbocycles. The van der Waals surface area contributed by atoms with E-state index in [1.165, 1.54) is 11.8 Å². The van der Waals surface area contributed by atoms with Crippen molar-refractivity contribution >= 4 is 33.7 Å². The molecule has 0 saturated carbocycles. The van der Waals surface area contributed by atoms with Gasteiger partial charge in [0.25, 0.3) is 0 Å². The Balaban J connectivity index is 1.82. The molecule has 3 aromatic carbocycles. The van der Waals surface area contributed by atoms with Crippen LogP contribution in [0.25, 0.3) is 11.1 Å². The number of thioether (sulfide) groups is 1. The van der Waals surface area contributed by atoms with Gasteiger partial charge < -0.3 is 18.9 Å². The molecule has 4 rings (SSSR count). The quantitative estimate of drug-likeness (QED) is 0.272. The van der Waals surface area contributed by atoms with E-state index in [4.69, 9.17) is 18.9 Å². The molecule has 8 heteroatoms. The van der Waals surface area contributed by atoms with Crippen molar-refractivity contribution in [2.75, 3.05) is 34.2 Å². The van der Waals surface area contributed by atoms with Crippen LogP contribution in [0, 0.1) is 0 Å². The monoisotopic (exact) mass is 556 g/mol. The van der Waals surface area contributed by atoms with E-state index < -0.39 is 5.97 Å². The number of hydrogen-bond donors (Lipinski definition) is 0. The highest BCUT2D eigenvalue weighted by Gasteiger charge is 2.32. The van der Waals surface area contributed by atoms with Gasteiger partial charge >= 0.3 is 5.97 Å². The minimum Gasteiger partial charge on any atom is -0.493 e. The van der Waals surface area contributed by atoms with Crippen molar-refractivity contribution in [2.45, 2.75) is 17.2 Å². The number of fused-ring (bicyclic) bond motifs is 3. The topological polar surface area (TPSA) is 71.1 Å². The largest absolute Gasteiger partial charge is 0.493 e. The normalized spacial score (nSPS) is 13.9. The van der Waals surface area contributed by atoms with Gasteiger partial charge in [-0.15, -0.1) is 11.8 Å². The van der Waals surface area contributed by atoms with Crippen molar-refractivity contribution in [3.05, 3.63) is 79.9 Å². The molecule has 3 aromatic rings. The maximum Gasteiger partial charge on any atom is 0.338 e. The molecular weight excluding hydrogens is 532 g/mol. The predicted octanol–water partition coefficient (Wildman–Crippen LogP) is 5.72. The fraction of sp³-hybridized carbons (Fsp3) is 0.259. The Morgan fingerprint density at radius 2 is 1.71 bits per heavy atom. The lowest BCUT2D eigenvalue weighted by Gasteiger charge is -2.29. The number of rotatable bonds is 7. The highest BCUT2D eigenvalue weighted by molar-refractivity contribution is 9.10. The fourth-order valence-corrected chi connectivity index (χ4v) is 5.12. The van der Waals surface area contributed by atoms with Gasteiger partial charge in [0.05, 0.1) is 38.4 Å². The Labute approximate surface area is 216 Å². The number of carbonyl (C=O) groups excluding carboxylic acids is 1. The zero-order valence-electron chi connectivity index (χ0n) is 19.8. The summed E-state index contributed by atoms with van der Waals surface area (Å²) in [6, 6.07) is 14.3. The molecule has 0 saturated heterocycles. The maximum atomic E-state index is 12.9. The SMILES string of the molecule is COc1cc2c(c(OC)c1OC)-c1ccc(SC)c(=O)cc1[C@@H](COC(=O)c1ccc(Br)cc1)C2. The highest BCUT2D eigenvalue weighted by atomic mass is 79.9. The summed E-state index contributed by atoms with van der Waals surface area (Å²) in [5, 5.41) is 0. The molecule has 0 N–H and O–H groups in total. The second kappa shape index (κ2) is 10.7. The van der Waals surface area contributed by atoms with E-state index in [1.807, 2.05) is 24.5 Å². The van der Waals surface area contributed by atoms with Crippen LogP contribution < -0.4 is 19.6 Å². The molecule has 0 spiro atoms. The Morgan fingerprint density at radius 1 is 1.00 bits per heavy atom. The maximum absolute atomic E-state index is 12.9. The molecule has 0 unspecified atom stereocenters. The number of esters is 1. The first-order valence-electron chi connectivity index (χ1n) is 10.9. The molecule has 0 radical (unpaired) electrons. The van der Waals surface area contributed by atoms with Crippen molar-refractivity contribution in [1.29, 1.82) is 0 Å². The van der Waals surface area contributed by atoms with E-state index in [-0.39, 0.29) is 18.0 Å². The summed E-state index contributed by atoms with van der Waals surface area (Å²) in [5.74, 6) is 0.931. The summed E-state index contributed by atoms with van der Waals surface area (Å²) < 4.78 is 23.5. The summed E-state index contributed by atoms with van der Waals surface area (Å²) in [6.45, 7) is 0.121. The Kier molecular flexibility index (Phi) is 7.72. The van der Waals surface area contributed by atoms with Gasteiger partial charge in [0.1, 0.15) is 0 Å². The molecule has 0 aromatic heterocycles. The average molecular weight is 557 g/mol. The van der Waals surface area contributed by atoms with Crippen LogP contribution in [0.1, 0.15) is 27.4 Å². The first-order chi connectivity index (χ1) is 16.9. The number of halogens is 1. The molecule has 6 nitrogen and oxygen atoms in total. The minimum atomic E-state index is -0.415. The van der Waals surface area contributed by atoms with E-state index in [1.54, 1.807) is 51.7 Å². The lowest BCUT2D eigenvalue weighted by molar-refractivity contribution is 0.0478. The van der Waals surface area contributed by atoms with E-state index in [0.717, 1.165) is 26.7 Å². The molecule has 182 valence electrons. The lowest BCUT2D eigenvalue weighted by atomic mass is 9.79. The summed E-state index contributed by atoms with van der Waals surface area (Å²) >= 11 is 4.77. The van der Waals surface area contributed by atoms with Crippen molar-refractivity contribution in [2.24, 2.45) is 0 Å². The first-order valence-corrected chi connectivity index (χ1v) is 12.9. The molecule has 0 fully saturated rings. The van der Waals surface area contributed by atoms with Crippen molar-refractivity contribution in [1.82, 2.24) is 0 Å². The Morgan fingerprint density at radius 3 is 2.34 bits per heavy atom. The molecule has 0 amide bonds. The van der Waals surface area contributed by atoms with Gasteiger partial charge in [-0.2, -0.15) is 0 Å². The van der Waals surface area contributed by atoms with Crippen LogP contribution >= 0.6 is 27.7 Å². The molecule has 1 aliphatic rings. The number of benzene rings is 2. The predicted molar refractivity (Wildman–Crippen MR) is 140 cm³/mol. The zero-order valence-corrected chi connectivity index (χ0v) is 22.2. The molecule has 0 heterocycles. The van der Waals surface area contributed by atoms with Crippen LogP contribution in [0.2, 0.25) is 0 Å². The van der Waals surface area contributed by atoms with Crippen LogP contribution in [0.4, 0.5) is 0 Å². The molecular formula is C27H25BrO6S. The van der Waals surface area contributed by atoms with Gasteiger partial charge in [-0.1, -0.05) is 22.0 Å². The summed E-state index contributed by atoms with van der Waals surface area (Å²) in [5.41, 5.74) is 3.83. The van der Waals surface area contributed by atoms with Gasteiger partial charge in [0, 0.05) is 16.0 Å². The smallest absolute Gasteiger partial charge is 0.338 e. The van der Waals surface area contributed by atoms with Gasteiger partial charge in [-0.3, -0.25) is 4.79 Å². The molecule has 1 atom stereocenters. The van der Waals surface area contributed by atoms with Crippen molar-refractivity contribution < 1.29 is 23.7 Å². The third-order valence-corrected chi connectivity index (χ3v) is 7.35. The van der Waals surface area contributed by atoms with E-state index in [2.05, 4.69) is 15.9 Å². The second-order valence-electron chi connectivity index (χ2n) is 7.97. The number of methoxy groups -OCH3 is 3. The third kappa shape index (κ3) is 4.90. The van der Waals surface area contributed by atoms with Crippen LogP contribution in [0.3, 0.4) is 0 Å². The van der Waals surface area contributed by atoms with Crippen molar-refractivity contribution in [3.63, 3.8) is 0 Å². The Hall–Kier alpha value is -2.97. The molecule has 35 heavy (non-hydrogen) atoms. The second-order valence-corrected chi connectivity index (χ2v) is 9.73. The number of ether oxygens (including phenoxy) is 4. The average Bonchev–Trinajstić information content (AvgIpc) is 3.04.